The molecular formula is C15H27N3O2. The fourth-order valence-corrected chi connectivity index (χ4v) is 3.58. The third-order valence-electron chi connectivity index (χ3n) is 4.83. The number of carbonyl (C=O) groups excluding carboxylic acids is 1. The van der Waals surface area contributed by atoms with Gasteiger partial charge in [0.15, 0.2) is 0 Å². The summed E-state index contributed by atoms with van der Waals surface area (Å²) in [6.07, 6.45) is 6.26. The number of ether oxygens (including phenoxy) is 1. The van der Waals surface area contributed by atoms with E-state index in [4.69, 9.17) is 4.74 Å². The van der Waals surface area contributed by atoms with Crippen LogP contribution in [-0.4, -0.2) is 73.7 Å². The van der Waals surface area contributed by atoms with Crippen LogP contribution in [0.25, 0.3) is 0 Å². The molecule has 20 heavy (non-hydrogen) atoms. The molecule has 3 rings (SSSR count). The molecule has 0 bridgehead atoms. The van der Waals surface area contributed by atoms with Gasteiger partial charge in [-0.3, -0.25) is 14.6 Å². The van der Waals surface area contributed by atoms with Gasteiger partial charge in [0.2, 0.25) is 0 Å². The molecule has 2 aliphatic heterocycles. The monoisotopic (exact) mass is 281 g/mol. The van der Waals surface area contributed by atoms with E-state index < -0.39 is 0 Å². The lowest BCUT2D eigenvalue weighted by Gasteiger charge is -2.28. The maximum Gasteiger partial charge on any atom is 0.324 e. The van der Waals surface area contributed by atoms with Crippen molar-refractivity contribution in [2.24, 2.45) is 0 Å². The fraction of sp³-hybridized carbons (Fsp3) is 0.933. The Morgan fingerprint density at radius 3 is 2.80 bits per heavy atom. The summed E-state index contributed by atoms with van der Waals surface area (Å²) < 4.78 is 4.96. The SMILES string of the molecule is COC(=O)C(CN1CCCN2CCCC2C1)NC1CC1. The first kappa shape index (κ1) is 14.3. The molecule has 1 N–H and O–H groups in total. The average molecular weight is 281 g/mol. The zero-order valence-corrected chi connectivity index (χ0v) is 12.5. The molecule has 3 aliphatic rings. The highest BCUT2D eigenvalue weighted by atomic mass is 16.5. The van der Waals surface area contributed by atoms with Gasteiger partial charge in [-0.1, -0.05) is 0 Å². The number of methoxy groups -OCH3 is 1. The predicted octanol–water partition coefficient (Wildman–Crippen LogP) is 0.450. The average Bonchev–Trinajstić information content (AvgIpc) is 3.20. The van der Waals surface area contributed by atoms with Gasteiger partial charge in [0.1, 0.15) is 6.04 Å². The van der Waals surface area contributed by atoms with Crippen molar-refractivity contribution in [3.05, 3.63) is 0 Å². The van der Waals surface area contributed by atoms with Crippen molar-refractivity contribution in [3.63, 3.8) is 0 Å². The molecule has 114 valence electrons. The quantitative estimate of drug-likeness (QED) is 0.741. The molecular weight excluding hydrogens is 254 g/mol. The largest absolute Gasteiger partial charge is 0.468 e. The Morgan fingerprint density at radius 1 is 1.25 bits per heavy atom. The van der Waals surface area contributed by atoms with Gasteiger partial charge in [0.05, 0.1) is 7.11 Å². The summed E-state index contributed by atoms with van der Waals surface area (Å²) in [6, 6.07) is 1.09. The molecule has 3 fully saturated rings. The Hall–Kier alpha value is -0.650. The topological polar surface area (TPSA) is 44.8 Å². The molecule has 2 atom stereocenters. The molecule has 2 heterocycles. The van der Waals surface area contributed by atoms with Crippen molar-refractivity contribution in [2.45, 2.75) is 50.2 Å². The van der Waals surface area contributed by atoms with Crippen molar-refractivity contribution in [1.29, 1.82) is 0 Å². The minimum absolute atomic E-state index is 0.107. The van der Waals surface area contributed by atoms with Crippen LogP contribution >= 0.6 is 0 Å². The van der Waals surface area contributed by atoms with Gasteiger partial charge in [-0.05, 0) is 51.7 Å². The van der Waals surface area contributed by atoms with Crippen molar-refractivity contribution in [3.8, 4) is 0 Å². The van der Waals surface area contributed by atoms with Crippen LogP contribution < -0.4 is 5.32 Å². The Bertz CT molecular complexity index is 346. The third kappa shape index (κ3) is 3.51. The highest BCUT2D eigenvalue weighted by Gasteiger charge is 2.33. The molecule has 5 heteroatoms. The van der Waals surface area contributed by atoms with Gasteiger partial charge in [-0.2, -0.15) is 0 Å². The number of esters is 1. The third-order valence-corrected chi connectivity index (χ3v) is 4.83. The summed E-state index contributed by atoms with van der Waals surface area (Å²) in [5.74, 6) is -0.107. The second-order valence-electron chi connectivity index (χ2n) is 6.46. The Kier molecular flexibility index (Phi) is 4.58. The number of rotatable bonds is 5. The maximum atomic E-state index is 11.9. The first-order valence-corrected chi connectivity index (χ1v) is 8.06. The number of hydrogen-bond acceptors (Lipinski definition) is 5. The Balaban J connectivity index is 1.56. The van der Waals surface area contributed by atoms with Gasteiger partial charge in [-0.15, -0.1) is 0 Å². The number of nitrogens with one attached hydrogen (secondary N) is 1. The first-order valence-electron chi connectivity index (χ1n) is 8.06. The van der Waals surface area contributed by atoms with Crippen LogP contribution in [0.5, 0.6) is 0 Å². The van der Waals surface area contributed by atoms with E-state index in [-0.39, 0.29) is 12.0 Å². The summed E-state index contributed by atoms with van der Waals surface area (Å²) >= 11 is 0. The van der Waals surface area contributed by atoms with Gasteiger partial charge < -0.3 is 10.1 Å². The summed E-state index contributed by atoms with van der Waals surface area (Å²) in [6.45, 7) is 5.50. The molecule has 0 aromatic rings. The number of fused-ring (bicyclic) bond motifs is 1. The van der Waals surface area contributed by atoms with E-state index in [9.17, 15) is 4.79 Å². The van der Waals surface area contributed by atoms with Crippen LogP contribution in [0.4, 0.5) is 0 Å². The highest BCUT2D eigenvalue weighted by molar-refractivity contribution is 5.76. The molecule has 2 unspecified atom stereocenters. The molecule has 1 aliphatic carbocycles. The lowest BCUT2D eigenvalue weighted by molar-refractivity contribution is -0.143. The highest BCUT2D eigenvalue weighted by Crippen LogP contribution is 2.22. The van der Waals surface area contributed by atoms with Crippen molar-refractivity contribution < 1.29 is 9.53 Å². The van der Waals surface area contributed by atoms with E-state index in [1.165, 1.54) is 52.3 Å². The van der Waals surface area contributed by atoms with E-state index >= 15 is 0 Å². The number of hydrogen-bond donors (Lipinski definition) is 1. The second-order valence-corrected chi connectivity index (χ2v) is 6.46. The minimum atomic E-state index is -0.152. The first-order chi connectivity index (χ1) is 9.76. The molecule has 1 saturated carbocycles. The smallest absolute Gasteiger partial charge is 0.324 e. The second kappa shape index (κ2) is 6.41. The van der Waals surface area contributed by atoms with Crippen LogP contribution in [-0.2, 0) is 9.53 Å². The predicted molar refractivity (Wildman–Crippen MR) is 77.6 cm³/mol. The molecule has 0 aromatic carbocycles. The van der Waals surface area contributed by atoms with Crippen molar-refractivity contribution >= 4 is 5.97 Å². The van der Waals surface area contributed by atoms with E-state index in [1.807, 2.05) is 0 Å². The van der Waals surface area contributed by atoms with E-state index in [2.05, 4.69) is 15.1 Å². The van der Waals surface area contributed by atoms with E-state index in [0.717, 1.165) is 19.6 Å². The number of nitrogens with zero attached hydrogens (tertiary/aromatic N) is 2. The minimum Gasteiger partial charge on any atom is -0.468 e. The standard InChI is InChI=1S/C15H27N3O2/c1-20-15(19)14(16-12-5-6-12)11-17-7-3-9-18-8-2-4-13(18)10-17/h12-14,16H,2-11H2,1H3. The molecule has 0 aromatic heterocycles. The maximum absolute atomic E-state index is 11.9. The van der Waals surface area contributed by atoms with E-state index in [1.54, 1.807) is 0 Å². The molecule has 5 nitrogen and oxygen atoms in total. The fourth-order valence-electron chi connectivity index (χ4n) is 3.58. The molecule has 0 spiro atoms. The Morgan fingerprint density at radius 2 is 2.05 bits per heavy atom. The van der Waals surface area contributed by atoms with Crippen LogP contribution in [0.15, 0.2) is 0 Å². The van der Waals surface area contributed by atoms with Gasteiger partial charge in [-0.25, -0.2) is 0 Å². The van der Waals surface area contributed by atoms with Crippen LogP contribution in [0.2, 0.25) is 0 Å². The molecule has 0 radical (unpaired) electrons. The van der Waals surface area contributed by atoms with Gasteiger partial charge in [0.25, 0.3) is 0 Å². The lowest BCUT2D eigenvalue weighted by Crippen LogP contribution is -2.49. The summed E-state index contributed by atoms with van der Waals surface area (Å²) in [4.78, 5) is 17.0. The normalized spacial score (nSPS) is 29.8. The van der Waals surface area contributed by atoms with Gasteiger partial charge in [0, 0.05) is 25.2 Å². The summed E-state index contributed by atoms with van der Waals surface area (Å²) in [5, 5.41) is 3.44. The van der Waals surface area contributed by atoms with Gasteiger partial charge >= 0.3 is 5.97 Å². The zero-order valence-electron chi connectivity index (χ0n) is 12.5. The van der Waals surface area contributed by atoms with Crippen molar-refractivity contribution in [2.75, 3.05) is 39.8 Å². The summed E-state index contributed by atoms with van der Waals surface area (Å²) in [7, 11) is 1.49. The number of carbonyl (C=O) groups is 1. The van der Waals surface area contributed by atoms with Crippen LogP contribution in [0.1, 0.15) is 32.1 Å². The molecule has 2 saturated heterocycles. The van der Waals surface area contributed by atoms with Crippen molar-refractivity contribution in [1.82, 2.24) is 15.1 Å². The molecule has 0 amide bonds. The van der Waals surface area contributed by atoms with E-state index in [0.29, 0.717) is 12.1 Å². The lowest BCUT2D eigenvalue weighted by atomic mass is 10.2. The van der Waals surface area contributed by atoms with Crippen LogP contribution in [0, 0.1) is 0 Å². The Labute approximate surface area is 121 Å². The summed E-state index contributed by atoms with van der Waals surface area (Å²) in [5.41, 5.74) is 0. The zero-order chi connectivity index (χ0) is 13.9. The van der Waals surface area contributed by atoms with Crippen LogP contribution in [0.3, 0.4) is 0 Å².